The molecule has 0 saturated carbocycles. The van der Waals surface area contributed by atoms with Crippen LogP contribution in [0, 0.1) is 6.92 Å². The minimum absolute atomic E-state index is 0.440. The van der Waals surface area contributed by atoms with Gasteiger partial charge in [0.05, 0.1) is 22.2 Å². The van der Waals surface area contributed by atoms with Gasteiger partial charge in [-0.05, 0) is 61.2 Å². The zero-order valence-electron chi connectivity index (χ0n) is 20.4. The molecule has 2 atom stereocenters. The van der Waals surface area contributed by atoms with Crippen LogP contribution in [0.25, 0.3) is 21.8 Å². The van der Waals surface area contributed by atoms with E-state index in [1.165, 1.54) is 0 Å². The molecule has 182 valence electrons. The van der Waals surface area contributed by atoms with Crippen molar-refractivity contribution in [3.8, 4) is 0 Å². The third-order valence-electron chi connectivity index (χ3n) is 7.08. The van der Waals surface area contributed by atoms with Crippen molar-refractivity contribution in [1.29, 1.82) is 0 Å². The summed E-state index contributed by atoms with van der Waals surface area (Å²) in [4.78, 5) is 31.3. The number of benzene rings is 4. The van der Waals surface area contributed by atoms with E-state index in [1.807, 2.05) is 30.3 Å². The molecule has 0 amide bonds. The summed E-state index contributed by atoms with van der Waals surface area (Å²) in [6.45, 7) is 2.08. The summed E-state index contributed by atoms with van der Waals surface area (Å²) in [5.41, 5.74) is 5.52. The Balaban J connectivity index is 1.48. The van der Waals surface area contributed by atoms with Gasteiger partial charge in [0.15, 0.2) is 6.10 Å². The number of carbonyl (C=O) groups excluding carboxylic acids is 2. The predicted octanol–water partition coefficient (Wildman–Crippen LogP) is 6.77. The van der Waals surface area contributed by atoms with Gasteiger partial charge >= 0.3 is 11.9 Å². The highest BCUT2D eigenvalue weighted by Gasteiger charge is 2.38. The number of pyridine rings is 1. The Morgan fingerprint density at radius 3 is 2.05 bits per heavy atom. The highest BCUT2D eigenvalue weighted by molar-refractivity contribution is 5.99. The molecule has 0 unspecified atom stereocenters. The minimum Gasteiger partial charge on any atom is -0.454 e. The van der Waals surface area contributed by atoms with Gasteiger partial charge in [-0.25, -0.2) is 14.6 Å². The number of ether oxygens (including phenoxy) is 2. The van der Waals surface area contributed by atoms with Crippen molar-refractivity contribution < 1.29 is 19.1 Å². The van der Waals surface area contributed by atoms with Gasteiger partial charge in [0, 0.05) is 16.3 Å². The molecular formula is C32H25NO4. The van der Waals surface area contributed by atoms with Crippen LogP contribution in [-0.4, -0.2) is 23.0 Å². The van der Waals surface area contributed by atoms with Crippen LogP contribution in [0.3, 0.4) is 0 Å². The van der Waals surface area contributed by atoms with E-state index in [0.29, 0.717) is 24.0 Å². The molecule has 1 heterocycles. The van der Waals surface area contributed by atoms with E-state index < -0.39 is 24.1 Å². The maximum absolute atomic E-state index is 13.3. The summed E-state index contributed by atoms with van der Waals surface area (Å²) in [6, 6.07) is 30.0. The highest BCUT2D eigenvalue weighted by Crippen LogP contribution is 2.41. The van der Waals surface area contributed by atoms with Crippen molar-refractivity contribution in [3.63, 3.8) is 0 Å². The number of hydrogen-bond donors (Lipinski definition) is 0. The molecule has 0 spiro atoms. The van der Waals surface area contributed by atoms with E-state index in [-0.39, 0.29) is 0 Å². The third kappa shape index (κ3) is 4.23. The molecule has 0 bridgehead atoms. The van der Waals surface area contributed by atoms with Crippen molar-refractivity contribution in [2.24, 2.45) is 0 Å². The molecule has 0 fully saturated rings. The Kier molecular flexibility index (Phi) is 5.89. The van der Waals surface area contributed by atoms with Gasteiger partial charge in [0.25, 0.3) is 0 Å². The fraction of sp³-hybridized carbons (Fsp3) is 0.156. The number of rotatable bonds is 4. The summed E-state index contributed by atoms with van der Waals surface area (Å²) in [5, 5.41) is 2.07. The molecule has 5 heteroatoms. The molecule has 0 saturated heterocycles. The zero-order valence-corrected chi connectivity index (χ0v) is 20.4. The van der Waals surface area contributed by atoms with E-state index in [9.17, 15) is 9.59 Å². The normalized spacial score (nSPS) is 16.8. The number of esters is 2. The van der Waals surface area contributed by atoms with Gasteiger partial charge < -0.3 is 9.47 Å². The Morgan fingerprint density at radius 2 is 1.35 bits per heavy atom. The van der Waals surface area contributed by atoms with Gasteiger partial charge in [0.1, 0.15) is 6.10 Å². The van der Waals surface area contributed by atoms with Crippen molar-refractivity contribution in [2.45, 2.75) is 32.0 Å². The molecule has 6 rings (SSSR count). The first kappa shape index (κ1) is 22.9. The van der Waals surface area contributed by atoms with E-state index in [0.717, 1.165) is 38.5 Å². The first-order chi connectivity index (χ1) is 18.1. The Bertz CT molecular complexity index is 1630. The lowest BCUT2D eigenvalue weighted by Gasteiger charge is -2.33. The second kappa shape index (κ2) is 9.51. The first-order valence-electron chi connectivity index (χ1n) is 12.4. The Morgan fingerprint density at radius 1 is 0.730 bits per heavy atom. The number of hydrogen-bond acceptors (Lipinski definition) is 5. The average Bonchev–Trinajstić information content (AvgIpc) is 2.95. The van der Waals surface area contributed by atoms with Gasteiger partial charge in [-0.15, -0.1) is 0 Å². The predicted molar refractivity (Wildman–Crippen MR) is 143 cm³/mol. The number of para-hydroxylation sites is 1. The molecule has 0 aliphatic heterocycles. The minimum atomic E-state index is -0.791. The van der Waals surface area contributed by atoms with Crippen LogP contribution in [-0.2, 0) is 15.9 Å². The summed E-state index contributed by atoms with van der Waals surface area (Å²) >= 11 is 0. The van der Waals surface area contributed by atoms with Crippen LogP contribution in [0.15, 0.2) is 97.1 Å². The van der Waals surface area contributed by atoms with E-state index in [2.05, 4.69) is 25.1 Å². The van der Waals surface area contributed by atoms with Crippen molar-refractivity contribution in [2.75, 3.05) is 0 Å². The quantitative estimate of drug-likeness (QED) is 0.207. The number of aryl methyl sites for hydroxylation is 2. The fourth-order valence-electron chi connectivity index (χ4n) is 5.19. The molecule has 4 aromatic carbocycles. The van der Waals surface area contributed by atoms with Crippen LogP contribution < -0.4 is 0 Å². The van der Waals surface area contributed by atoms with E-state index in [4.69, 9.17) is 14.5 Å². The molecule has 1 aliphatic rings. The van der Waals surface area contributed by atoms with Crippen LogP contribution in [0.5, 0.6) is 0 Å². The molecule has 37 heavy (non-hydrogen) atoms. The van der Waals surface area contributed by atoms with Crippen molar-refractivity contribution in [1.82, 2.24) is 4.98 Å². The molecule has 5 aromatic rings. The number of fused-ring (bicyclic) bond motifs is 4. The topological polar surface area (TPSA) is 65.5 Å². The molecule has 1 aromatic heterocycles. The van der Waals surface area contributed by atoms with Crippen molar-refractivity contribution >= 4 is 33.7 Å². The van der Waals surface area contributed by atoms with E-state index in [1.54, 1.807) is 48.5 Å². The molecule has 1 aliphatic carbocycles. The summed E-state index contributed by atoms with van der Waals surface area (Å²) in [5.74, 6) is -0.904. The fourth-order valence-corrected chi connectivity index (χ4v) is 5.19. The maximum atomic E-state index is 13.3. The van der Waals surface area contributed by atoms with Crippen LogP contribution in [0.1, 0.15) is 49.9 Å². The van der Waals surface area contributed by atoms with Crippen LogP contribution in [0.2, 0.25) is 0 Å². The second-order valence-corrected chi connectivity index (χ2v) is 9.33. The maximum Gasteiger partial charge on any atom is 0.338 e. The van der Waals surface area contributed by atoms with Crippen LogP contribution >= 0.6 is 0 Å². The zero-order chi connectivity index (χ0) is 25.4. The van der Waals surface area contributed by atoms with Gasteiger partial charge in [-0.1, -0.05) is 66.7 Å². The van der Waals surface area contributed by atoms with Gasteiger partial charge in [-0.3, -0.25) is 0 Å². The summed E-state index contributed by atoms with van der Waals surface area (Å²) in [7, 11) is 0. The average molecular weight is 488 g/mol. The SMILES string of the molecule is Cc1c2ccccc2nc2c3c(ccc12)CC[C@H](OC(=O)c1ccccc1)[C@H]3OC(=O)c1ccccc1. The monoisotopic (exact) mass is 487 g/mol. The Hall–Kier alpha value is -4.51. The third-order valence-corrected chi connectivity index (χ3v) is 7.08. The second-order valence-electron chi connectivity index (χ2n) is 9.33. The van der Waals surface area contributed by atoms with Gasteiger partial charge in [0.2, 0.25) is 0 Å². The summed E-state index contributed by atoms with van der Waals surface area (Å²) in [6.07, 6.45) is -0.214. The van der Waals surface area contributed by atoms with Crippen molar-refractivity contribution in [3.05, 3.63) is 125 Å². The summed E-state index contributed by atoms with van der Waals surface area (Å²) < 4.78 is 12.2. The lowest BCUT2D eigenvalue weighted by atomic mass is 9.84. The first-order valence-corrected chi connectivity index (χ1v) is 12.4. The highest BCUT2D eigenvalue weighted by atomic mass is 16.6. The Labute approximate surface area is 214 Å². The van der Waals surface area contributed by atoms with Crippen LogP contribution in [0.4, 0.5) is 0 Å². The van der Waals surface area contributed by atoms with Gasteiger partial charge in [-0.2, -0.15) is 0 Å². The molecule has 0 radical (unpaired) electrons. The lowest BCUT2D eigenvalue weighted by molar-refractivity contribution is -0.0432. The number of nitrogens with zero attached hydrogens (tertiary/aromatic N) is 1. The molecular weight excluding hydrogens is 462 g/mol. The van der Waals surface area contributed by atoms with E-state index >= 15 is 0 Å². The number of carbonyl (C=O) groups is 2. The largest absolute Gasteiger partial charge is 0.454 e. The molecule has 5 nitrogen and oxygen atoms in total. The number of aromatic nitrogens is 1. The lowest BCUT2D eigenvalue weighted by Crippen LogP contribution is -2.34. The smallest absolute Gasteiger partial charge is 0.338 e. The molecule has 0 N–H and O–H groups in total. The standard InChI is InChI=1S/C32H25NO4/c1-20-24-14-8-9-15-26(24)33-29-25(20)18-16-21-17-19-27(36-31(34)22-10-4-2-5-11-22)30(28(21)29)37-32(35)23-12-6-3-7-13-23/h2-16,18,27,30H,17,19H2,1H3/t27-,30+/m0/s1.